The number of rotatable bonds is 4. The van der Waals surface area contributed by atoms with E-state index in [1.807, 2.05) is 12.1 Å². The third-order valence-corrected chi connectivity index (χ3v) is 7.98. The van der Waals surface area contributed by atoms with Crippen LogP contribution in [0, 0.1) is 23.4 Å². The highest BCUT2D eigenvalue weighted by atomic mass is 19.2. The second-order valence-electron chi connectivity index (χ2n) is 9.75. The second kappa shape index (κ2) is 8.05. The van der Waals surface area contributed by atoms with Gasteiger partial charge in [-0.05, 0) is 84.6 Å². The first kappa shape index (κ1) is 20.2. The van der Waals surface area contributed by atoms with E-state index in [0.29, 0.717) is 22.3 Å². The van der Waals surface area contributed by atoms with Gasteiger partial charge in [0.05, 0.1) is 0 Å². The molecule has 2 aromatic carbocycles. The first-order chi connectivity index (χ1) is 14.6. The van der Waals surface area contributed by atoms with Crippen LogP contribution in [0.15, 0.2) is 18.2 Å². The van der Waals surface area contributed by atoms with Crippen molar-refractivity contribution in [2.45, 2.75) is 89.4 Å². The van der Waals surface area contributed by atoms with Crippen LogP contribution in [-0.4, -0.2) is 0 Å². The molecule has 0 atom stereocenters. The Morgan fingerprint density at radius 3 is 2.07 bits per heavy atom. The molecule has 0 radical (unpaired) electrons. The van der Waals surface area contributed by atoms with Gasteiger partial charge < -0.3 is 0 Å². The van der Waals surface area contributed by atoms with Crippen LogP contribution in [0.2, 0.25) is 0 Å². The van der Waals surface area contributed by atoms with Crippen molar-refractivity contribution < 1.29 is 13.2 Å². The monoisotopic (exact) mass is 412 g/mol. The Morgan fingerprint density at radius 1 is 0.700 bits per heavy atom. The average molecular weight is 413 g/mol. The number of hydrogen-bond acceptors (Lipinski definition) is 0. The lowest BCUT2D eigenvalue weighted by molar-refractivity contribution is 0.304. The Labute approximate surface area is 177 Å². The highest BCUT2D eigenvalue weighted by Gasteiger charge is 2.36. The van der Waals surface area contributed by atoms with E-state index in [0.717, 1.165) is 62.8 Å². The number of benzene rings is 2. The van der Waals surface area contributed by atoms with Crippen LogP contribution in [0.25, 0.3) is 22.3 Å². The Kier molecular flexibility index (Phi) is 5.41. The predicted molar refractivity (Wildman–Crippen MR) is 116 cm³/mol. The molecule has 30 heavy (non-hydrogen) atoms. The van der Waals surface area contributed by atoms with Gasteiger partial charge in [0.25, 0.3) is 0 Å². The van der Waals surface area contributed by atoms with Crippen molar-refractivity contribution in [2.75, 3.05) is 0 Å². The molecule has 0 nitrogen and oxygen atoms in total. The zero-order valence-electron chi connectivity index (χ0n) is 17.9. The summed E-state index contributed by atoms with van der Waals surface area (Å²) in [6, 6.07) is 5.65. The Bertz CT molecular complexity index is 947. The number of fused-ring (bicyclic) bond motifs is 4. The summed E-state index contributed by atoms with van der Waals surface area (Å²) in [5, 5.41) is 0. The van der Waals surface area contributed by atoms with Crippen LogP contribution in [-0.2, 0) is 0 Å². The fraction of sp³-hybridized carbons (Fsp3) is 0.556. The molecule has 3 aliphatic carbocycles. The minimum Gasteiger partial charge on any atom is -0.206 e. The first-order valence-corrected chi connectivity index (χ1v) is 11.9. The normalized spacial score (nSPS) is 23.6. The van der Waals surface area contributed by atoms with Gasteiger partial charge in [-0.15, -0.1) is 0 Å². The van der Waals surface area contributed by atoms with Crippen molar-refractivity contribution >= 4 is 0 Å². The molecule has 0 N–H and O–H groups in total. The molecule has 2 fully saturated rings. The number of hydrogen-bond donors (Lipinski definition) is 0. The van der Waals surface area contributed by atoms with Crippen molar-refractivity contribution in [3.63, 3.8) is 0 Å². The Morgan fingerprint density at radius 2 is 1.37 bits per heavy atom. The lowest BCUT2D eigenvalue weighted by Crippen LogP contribution is -2.17. The summed E-state index contributed by atoms with van der Waals surface area (Å²) in [6.07, 6.45) is 11.8. The molecule has 0 spiro atoms. The average Bonchev–Trinajstić information content (AvgIpc) is 2.76. The fourth-order valence-electron chi connectivity index (χ4n) is 6.30. The van der Waals surface area contributed by atoms with Gasteiger partial charge in [-0.3, -0.25) is 0 Å². The van der Waals surface area contributed by atoms with Gasteiger partial charge in [0.15, 0.2) is 11.6 Å². The Hall–Kier alpha value is -1.77. The third-order valence-electron chi connectivity index (χ3n) is 7.98. The van der Waals surface area contributed by atoms with Crippen LogP contribution in [0.5, 0.6) is 0 Å². The van der Waals surface area contributed by atoms with Crippen LogP contribution in [0.4, 0.5) is 13.2 Å². The second-order valence-corrected chi connectivity index (χ2v) is 9.75. The molecule has 5 rings (SSSR count). The van der Waals surface area contributed by atoms with Crippen molar-refractivity contribution in [3.05, 3.63) is 46.8 Å². The summed E-state index contributed by atoms with van der Waals surface area (Å²) in [4.78, 5) is 0. The summed E-state index contributed by atoms with van der Waals surface area (Å²) in [6.45, 7) is 2.22. The maximum Gasteiger partial charge on any atom is 0.167 e. The number of halogens is 3. The Balaban J connectivity index is 1.45. The highest BCUT2D eigenvalue weighted by molar-refractivity contribution is 6.03. The maximum absolute atomic E-state index is 15.5. The quantitative estimate of drug-likeness (QED) is 0.401. The van der Waals surface area contributed by atoms with Gasteiger partial charge >= 0.3 is 0 Å². The fourth-order valence-corrected chi connectivity index (χ4v) is 6.30. The molecule has 0 saturated heterocycles. The molecular weight excluding hydrogens is 381 g/mol. The molecule has 3 heteroatoms. The van der Waals surface area contributed by atoms with Gasteiger partial charge in [-0.2, -0.15) is 0 Å². The van der Waals surface area contributed by atoms with Crippen molar-refractivity contribution in [2.24, 2.45) is 5.92 Å². The molecule has 0 aliphatic heterocycles. The first-order valence-electron chi connectivity index (χ1n) is 11.9. The summed E-state index contributed by atoms with van der Waals surface area (Å²) in [7, 11) is 0. The molecule has 0 aromatic heterocycles. The van der Waals surface area contributed by atoms with Crippen LogP contribution in [0.3, 0.4) is 0 Å². The topological polar surface area (TPSA) is 0 Å². The molecule has 2 aromatic rings. The third kappa shape index (κ3) is 3.20. The molecular formula is C27H31F3. The summed E-state index contributed by atoms with van der Waals surface area (Å²) in [5.74, 6) is -0.875. The zero-order chi connectivity index (χ0) is 20.8. The van der Waals surface area contributed by atoms with Crippen molar-refractivity contribution in [1.82, 2.24) is 0 Å². The van der Waals surface area contributed by atoms with E-state index >= 15 is 8.78 Å². The molecule has 0 heterocycles. The van der Waals surface area contributed by atoms with E-state index in [1.165, 1.54) is 19.3 Å². The van der Waals surface area contributed by atoms with Crippen LogP contribution < -0.4 is 0 Å². The molecule has 0 amide bonds. The minimum absolute atomic E-state index is 0.0880. The summed E-state index contributed by atoms with van der Waals surface area (Å²) in [5.41, 5.74) is 3.12. The smallest absolute Gasteiger partial charge is 0.167 e. The van der Waals surface area contributed by atoms with E-state index in [1.54, 1.807) is 6.07 Å². The highest BCUT2D eigenvalue weighted by Crippen LogP contribution is 2.54. The minimum atomic E-state index is -0.844. The molecule has 2 saturated carbocycles. The van der Waals surface area contributed by atoms with E-state index < -0.39 is 11.6 Å². The van der Waals surface area contributed by atoms with Crippen LogP contribution >= 0.6 is 0 Å². The van der Waals surface area contributed by atoms with E-state index in [4.69, 9.17) is 0 Å². The van der Waals surface area contributed by atoms with Crippen molar-refractivity contribution in [3.8, 4) is 22.3 Å². The molecule has 160 valence electrons. The lowest BCUT2D eigenvalue weighted by Gasteiger charge is -2.33. The van der Waals surface area contributed by atoms with Gasteiger partial charge in [0.1, 0.15) is 5.82 Å². The summed E-state index contributed by atoms with van der Waals surface area (Å²) < 4.78 is 45.5. The van der Waals surface area contributed by atoms with E-state index in [2.05, 4.69) is 6.92 Å². The SMILES string of the molecule is CCCC1CCC(c2ccc3c(c2F)-c2c-3cc(C3CCCCC3)c(F)c2F)CC1. The molecule has 0 unspecified atom stereocenters. The van der Waals surface area contributed by atoms with Gasteiger partial charge in [0.2, 0.25) is 0 Å². The maximum atomic E-state index is 15.5. The van der Waals surface area contributed by atoms with Crippen molar-refractivity contribution in [1.29, 1.82) is 0 Å². The van der Waals surface area contributed by atoms with E-state index in [-0.39, 0.29) is 23.2 Å². The largest absolute Gasteiger partial charge is 0.206 e. The van der Waals surface area contributed by atoms with Crippen LogP contribution in [0.1, 0.15) is 101 Å². The lowest BCUT2D eigenvalue weighted by atomic mass is 9.72. The van der Waals surface area contributed by atoms with Gasteiger partial charge in [0, 0.05) is 11.1 Å². The predicted octanol–water partition coefficient (Wildman–Crippen LogP) is 8.87. The summed E-state index contributed by atoms with van der Waals surface area (Å²) >= 11 is 0. The van der Waals surface area contributed by atoms with Gasteiger partial charge in [-0.1, -0.05) is 51.2 Å². The zero-order valence-corrected chi connectivity index (χ0v) is 17.9. The standard InChI is InChI=1S/C27H31F3/c1-2-6-16-9-11-18(12-10-16)19-13-14-20-22-15-21(17-7-4-3-5-8-17)26(29)27(30)24(22)23(20)25(19)28/h13-18H,2-12H2,1H3. The van der Waals surface area contributed by atoms with Gasteiger partial charge in [-0.25, -0.2) is 13.2 Å². The molecule has 3 aliphatic rings. The molecule has 0 bridgehead atoms. The van der Waals surface area contributed by atoms with E-state index in [9.17, 15) is 4.39 Å².